The predicted molar refractivity (Wildman–Crippen MR) is 256 cm³/mol. The summed E-state index contributed by atoms with van der Waals surface area (Å²) in [6.45, 7) is 3.00. The Labute approximate surface area is 399 Å². The lowest BCUT2D eigenvalue weighted by molar-refractivity contribution is -0.142. The van der Waals surface area contributed by atoms with Crippen LogP contribution in [-0.2, 0) is 57.6 Å². The number of aromatic amines is 2. The number of carbonyl (C=O) groups excluding carboxylic acids is 8. The molecule has 370 valence electrons. The molecule has 0 radical (unpaired) electrons. The van der Waals surface area contributed by atoms with Gasteiger partial charge in [0.05, 0.1) is 12.9 Å². The minimum atomic E-state index is -1.30. The van der Waals surface area contributed by atoms with Gasteiger partial charge in [0.15, 0.2) is 5.96 Å². The first-order valence-electron chi connectivity index (χ1n) is 23.1. The van der Waals surface area contributed by atoms with Gasteiger partial charge in [-0.3, -0.25) is 43.3 Å². The number of fused-ring (bicyclic) bond motifs is 1. The van der Waals surface area contributed by atoms with E-state index in [9.17, 15) is 38.4 Å². The van der Waals surface area contributed by atoms with E-state index in [-0.39, 0.29) is 57.6 Å². The second-order valence-electron chi connectivity index (χ2n) is 17.0. The number of nitrogens with zero attached hydrogens (tertiary/aromatic N) is 3. The SMILES string of the molecule is CCCC[C@H](NC(C)=O)C(=O)NCC(=O)N[C@@H](Cc1cnc[nH]1)C(=O)NC(Cc1ccccc1)C(=O)N[C@@H](CCCN=C(N)N)C(=O)N1CCCC1C(=O)NC(Cc1c[nH]c2ccccc12)C(N)=O. The summed E-state index contributed by atoms with van der Waals surface area (Å²) >= 11 is 0. The maximum atomic E-state index is 14.6. The summed E-state index contributed by atoms with van der Waals surface area (Å²) in [6.07, 6.45) is 7.41. The zero-order chi connectivity index (χ0) is 49.9. The number of aliphatic imine (C=N–C) groups is 1. The quantitative estimate of drug-likeness (QED) is 0.0210. The van der Waals surface area contributed by atoms with Crippen molar-refractivity contribution in [2.24, 2.45) is 22.2 Å². The first-order valence-corrected chi connectivity index (χ1v) is 23.1. The summed E-state index contributed by atoms with van der Waals surface area (Å²) in [5.74, 6) is -5.28. The number of H-pyrrole nitrogens is 2. The van der Waals surface area contributed by atoms with E-state index < -0.39 is 90.1 Å². The number of amides is 8. The van der Waals surface area contributed by atoms with Crippen molar-refractivity contribution in [1.82, 2.24) is 51.8 Å². The van der Waals surface area contributed by atoms with Crippen molar-refractivity contribution >= 4 is 64.1 Å². The molecule has 2 aromatic carbocycles. The molecule has 22 heteroatoms. The number of carbonyl (C=O) groups is 8. The average molecular weight is 953 g/mol. The molecule has 1 aliphatic heterocycles. The van der Waals surface area contributed by atoms with E-state index in [1.54, 1.807) is 36.5 Å². The molecule has 5 rings (SSSR count). The van der Waals surface area contributed by atoms with Crippen LogP contribution in [-0.4, -0.2) is 129 Å². The summed E-state index contributed by atoms with van der Waals surface area (Å²) in [7, 11) is 0. The van der Waals surface area contributed by atoms with Gasteiger partial charge in [0, 0.05) is 68.3 Å². The van der Waals surface area contributed by atoms with Crippen molar-refractivity contribution in [2.75, 3.05) is 19.6 Å². The molecule has 1 fully saturated rings. The van der Waals surface area contributed by atoms with Gasteiger partial charge in [0.25, 0.3) is 0 Å². The number of primary amides is 1. The Balaban J connectivity index is 1.34. The number of aromatic nitrogens is 3. The number of unbranched alkanes of at least 4 members (excludes halogenated alkanes) is 1. The maximum Gasteiger partial charge on any atom is 0.245 e. The molecule has 2 aromatic heterocycles. The standard InChI is InChI=1S/C47H64N14O8/c1-3-4-15-34(56-28(2)62)42(65)54-26-40(63)57-38(23-31-25-51-27-55-31)44(67)60-37(21-29-12-6-5-7-13-29)43(66)58-35(17-10-19-52-47(49)50)46(69)61-20-11-18-39(61)45(68)59-36(41(48)64)22-30-24-53-33-16-9-8-14-32(30)33/h5-9,12-14,16,24-25,27,34-39,53H,3-4,10-11,15,17-23,26H2,1-2H3,(H2,48,64)(H,51,55)(H,54,65)(H,56,62)(H,57,63)(H,58,66)(H,59,68)(H,60,67)(H4,49,50,52)/t34-,35-,36?,37?,38-,39?/m0/s1. The van der Waals surface area contributed by atoms with E-state index in [2.05, 4.69) is 51.8 Å². The number of likely N-dealkylation sites (tertiary alicyclic amines) is 1. The predicted octanol–water partition coefficient (Wildman–Crippen LogP) is -0.801. The number of nitrogens with two attached hydrogens (primary N) is 3. The van der Waals surface area contributed by atoms with Gasteiger partial charge < -0.3 is 64.0 Å². The molecule has 1 saturated heterocycles. The third-order valence-corrected chi connectivity index (χ3v) is 11.7. The number of hydrogen-bond donors (Lipinski definition) is 11. The minimum Gasteiger partial charge on any atom is -0.370 e. The van der Waals surface area contributed by atoms with Crippen molar-refractivity contribution < 1.29 is 38.4 Å². The number of rotatable bonds is 26. The van der Waals surface area contributed by atoms with Gasteiger partial charge in [-0.25, -0.2) is 4.98 Å². The molecular formula is C47H64N14O8. The second-order valence-corrected chi connectivity index (χ2v) is 17.0. The molecule has 0 aliphatic carbocycles. The lowest BCUT2D eigenvalue weighted by Crippen LogP contribution is -2.59. The van der Waals surface area contributed by atoms with Crippen LogP contribution in [0, 0.1) is 0 Å². The summed E-state index contributed by atoms with van der Waals surface area (Å²) in [5.41, 5.74) is 19.7. The fraction of sp³-hybridized carbons (Fsp3) is 0.447. The topological polar surface area (TPSA) is 347 Å². The highest BCUT2D eigenvalue weighted by molar-refractivity contribution is 5.97. The van der Waals surface area contributed by atoms with E-state index in [4.69, 9.17) is 17.2 Å². The highest BCUT2D eigenvalue weighted by Crippen LogP contribution is 2.22. The lowest BCUT2D eigenvalue weighted by atomic mass is 10.0. The number of nitrogens with one attached hydrogen (secondary N) is 8. The van der Waals surface area contributed by atoms with Crippen LogP contribution in [0.15, 0.2) is 78.3 Å². The van der Waals surface area contributed by atoms with Gasteiger partial charge in [-0.15, -0.1) is 0 Å². The van der Waals surface area contributed by atoms with Gasteiger partial charge in [0.2, 0.25) is 47.3 Å². The van der Waals surface area contributed by atoms with E-state index >= 15 is 0 Å². The fourth-order valence-electron chi connectivity index (χ4n) is 8.16. The average Bonchev–Trinajstić information content (AvgIpc) is 4.12. The molecule has 3 heterocycles. The molecule has 6 atom stereocenters. The van der Waals surface area contributed by atoms with Crippen LogP contribution in [0.2, 0.25) is 0 Å². The maximum absolute atomic E-state index is 14.6. The Morgan fingerprint density at radius 3 is 2.14 bits per heavy atom. The van der Waals surface area contributed by atoms with Gasteiger partial charge in [-0.05, 0) is 49.3 Å². The Kier molecular flexibility index (Phi) is 19.6. The molecule has 8 amide bonds. The van der Waals surface area contributed by atoms with E-state index in [1.165, 1.54) is 24.3 Å². The highest BCUT2D eigenvalue weighted by atomic mass is 16.2. The third-order valence-electron chi connectivity index (χ3n) is 11.7. The lowest BCUT2D eigenvalue weighted by Gasteiger charge is -2.31. The minimum absolute atomic E-state index is 0.0317. The number of hydrogen-bond acceptors (Lipinski definition) is 10. The van der Waals surface area contributed by atoms with Crippen LogP contribution >= 0.6 is 0 Å². The van der Waals surface area contributed by atoms with Crippen LogP contribution in [0.1, 0.15) is 75.6 Å². The summed E-state index contributed by atoms with van der Waals surface area (Å²) in [5, 5.41) is 17.0. The third kappa shape index (κ3) is 15.9. The molecule has 69 heavy (non-hydrogen) atoms. The Morgan fingerprint density at radius 2 is 1.46 bits per heavy atom. The van der Waals surface area contributed by atoms with E-state index in [1.807, 2.05) is 31.2 Å². The second kappa shape index (κ2) is 25.9. The van der Waals surface area contributed by atoms with Crippen molar-refractivity contribution in [1.29, 1.82) is 0 Å². The summed E-state index contributed by atoms with van der Waals surface area (Å²) < 4.78 is 0. The molecule has 4 aromatic rings. The summed E-state index contributed by atoms with van der Waals surface area (Å²) in [6, 6.07) is 9.58. The van der Waals surface area contributed by atoms with Gasteiger partial charge in [-0.1, -0.05) is 68.3 Å². The van der Waals surface area contributed by atoms with E-state index in [0.717, 1.165) is 22.9 Å². The first kappa shape index (κ1) is 52.2. The van der Waals surface area contributed by atoms with Crippen molar-refractivity contribution in [3.05, 3.63) is 90.1 Å². The number of benzene rings is 2. The molecule has 0 saturated carbocycles. The molecule has 3 unspecified atom stereocenters. The van der Waals surface area contributed by atoms with Crippen LogP contribution in [0.25, 0.3) is 10.9 Å². The smallest absolute Gasteiger partial charge is 0.245 e. The zero-order valence-electron chi connectivity index (χ0n) is 38.9. The zero-order valence-corrected chi connectivity index (χ0v) is 38.9. The largest absolute Gasteiger partial charge is 0.370 e. The molecule has 22 nitrogen and oxygen atoms in total. The Bertz CT molecular complexity index is 2420. The molecular weight excluding hydrogens is 889 g/mol. The van der Waals surface area contributed by atoms with Crippen LogP contribution in [0.4, 0.5) is 0 Å². The van der Waals surface area contributed by atoms with Crippen molar-refractivity contribution in [2.45, 2.75) is 114 Å². The van der Waals surface area contributed by atoms with Gasteiger partial charge in [-0.2, -0.15) is 0 Å². The van der Waals surface area contributed by atoms with Gasteiger partial charge >= 0.3 is 0 Å². The molecule has 0 bridgehead atoms. The van der Waals surface area contributed by atoms with Crippen LogP contribution < -0.4 is 49.1 Å². The Hall–Kier alpha value is -7.78. The van der Waals surface area contributed by atoms with Crippen molar-refractivity contribution in [3.8, 4) is 0 Å². The monoisotopic (exact) mass is 953 g/mol. The molecule has 1 aliphatic rings. The van der Waals surface area contributed by atoms with Crippen LogP contribution in [0.3, 0.4) is 0 Å². The molecule has 14 N–H and O–H groups in total. The van der Waals surface area contributed by atoms with Crippen LogP contribution in [0.5, 0.6) is 0 Å². The first-order chi connectivity index (χ1) is 33.1. The fourth-order valence-corrected chi connectivity index (χ4v) is 8.16. The Morgan fingerprint density at radius 1 is 0.768 bits per heavy atom. The number of guanidine groups is 1. The van der Waals surface area contributed by atoms with Crippen molar-refractivity contribution in [3.63, 3.8) is 0 Å². The number of para-hydroxylation sites is 1. The normalized spacial score (nSPS) is 15.4. The summed E-state index contributed by atoms with van der Waals surface area (Å²) in [4.78, 5) is 123. The van der Waals surface area contributed by atoms with Gasteiger partial charge in [0.1, 0.15) is 36.3 Å². The molecule has 0 spiro atoms. The van der Waals surface area contributed by atoms with E-state index in [0.29, 0.717) is 30.5 Å². The number of imidazole rings is 1. The highest BCUT2D eigenvalue weighted by Gasteiger charge is 2.40.